The number of halogens is 1. The molecule has 0 fully saturated rings. The Hall–Kier alpha value is -1.19. The van der Waals surface area contributed by atoms with E-state index in [1.807, 2.05) is 24.3 Å². The van der Waals surface area contributed by atoms with Crippen LogP contribution in [-0.4, -0.2) is 7.11 Å². The minimum atomic E-state index is 0.237. The van der Waals surface area contributed by atoms with Gasteiger partial charge in [-0.15, -0.1) is 11.3 Å². The van der Waals surface area contributed by atoms with E-state index >= 15 is 0 Å². The van der Waals surface area contributed by atoms with Crippen LogP contribution < -0.4 is 10.1 Å². The highest BCUT2D eigenvalue weighted by Gasteiger charge is 2.09. The first kappa shape index (κ1) is 13.2. The van der Waals surface area contributed by atoms with E-state index in [2.05, 4.69) is 24.5 Å². The molecule has 1 aromatic carbocycles. The number of ether oxygens (including phenoxy) is 1. The number of anilines is 1. The Morgan fingerprint density at radius 2 is 2.11 bits per heavy atom. The van der Waals surface area contributed by atoms with E-state index in [-0.39, 0.29) is 6.04 Å². The molecule has 0 aliphatic carbocycles. The fraction of sp³-hybridized carbons (Fsp3) is 0.286. The number of nitrogens with one attached hydrogen (secondary N) is 1. The van der Waals surface area contributed by atoms with Crippen LogP contribution in [0.2, 0.25) is 4.34 Å². The first-order valence-corrected chi connectivity index (χ1v) is 7.01. The molecule has 0 spiro atoms. The summed E-state index contributed by atoms with van der Waals surface area (Å²) in [5, 5.41) is 5.57. The highest BCUT2D eigenvalue weighted by molar-refractivity contribution is 7.14. The van der Waals surface area contributed by atoms with Crippen LogP contribution in [-0.2, 0) is 0 Å². The molecule has 0 radical (unpaired) electrons. The number of rotatable bonds is 4. The third-order valence-corrected chi connectivity index (χ3v) is 4.00. The van der Waals surface area contributed by atoms with Gasteiger partial charge in [-0.1, -0.05) is 11.6 Å². The third-order valence-electron chi connectivity index (χ3n) is 2.89. The van der Waals surface area contributed by atoms with Crippen LogP contribution in [0.3, 0.4) is 0 Å². The molecular weight excluding hydrogens is 266 g/mol. The molecule has 2 nitrogen and oxygen atoms in total. The lowest BCUT2D eigenvalue weighted by Crippen LogP contribution is -2.06. The molecule has 0 saturated heterocycles. The highest BCUT2D eigenvalue weighted by Crippen LogP contribution is 2.29. The molecule has 0 saturated carbocycles. The van der Waals surface area contributed by atoms with E-state index in [4.69, 9.17) is 16.3 Å². The predicted octanol–water partition coefficient (Wildman–Crippen LogP) is 4.89. The van der Waals surface area contributed by atoms with Crippen LogP contribution in [0.5, 0.6) is 5.75 Å². The maximum absolute atomic E-state index is 5.95. The zero-order chi connectivity index (χ0) is 13.1. The molecule has 0 aliphatic heterocycles. The summed E-state index contributed by atoms with van der Waals surface area (Å²) in [6, 6.07) is 8.26. The lowest BCUT2D eigenvalue weighted by molar-refractivity contribution is 0.414. The highest BCUT2D eigenvalue weighted by atomic mass is 35.5. The van der Waals surface area contributed by atoms with Crippen LogP contribution >= 0.6 is 22.9 Å². The fourth-order valence-corrected chi connectivity index (χ4v) is 2.78. The Balaban J connectivity index is 2.14. The molecule has 18 heavy (non-hydrogen) atoms. The van der Waals surface area contributed by atoms with Crippen molar-refractivity contribution in [2.45, 2.75) is 19.9 Å². The van der Waals surface area contributed by atoms with Crippen molar-refractivity contribution in [2.24, 2.45) is 0 Å². The molecule has 1 N–H and O–H groups in total. The number of methoxy groups -OCH3 is 1. The molecule has 0 aliphatic rings. The van der Waals surface area contributed by atoms with Crippen LogP contribution in [0.15, 0.2) is 29.6 Å². The van der Waals surface area contributed by atoms with E-state index in [0.717, 1.165) is 15.8 Å². The van der Waals surface area contributed by atoms with Gasteiger partial charge in [0.1, 0.15) is 5.75 Å². The van der Waals surface area contributed by atoms with Gasteiger partial charge in [-0.25, -0.2) is 0 Å². The normalized spacial score (nSPS) is 12.2. The van der Waals surface area contributed by atoms with E-state index in [1.165, 1.54) is 11.1 Å². The van der Waals surface area contributed by atoms with Crippen LogP contribution in [0.25, 0.3) is 0 Å². The maximum Gasteiger partial charge on any atom is 0.119 e. The molecular formula is C14H16ClNOS. The maximum atomic E-state index is 5.95. The number of aryl methyl sites for hydroxylation is 1. The minimum Gasteiger partial charge on any atom is -0.497 e. The molecule has 0 amide bonds. The second-order valence-corrected chi connectivity index (χ2v) is 5.77. The topological polar surface area (TPSA) is 21.3 Å². The van der Waals surface area contributed by atoms with Gasteiger partial charge in [-0.2, -0.15) is 0 Å². The van der Waals surface area contributed by atoms with Gasteiger partial charge < -0.3 is 10.1 Å². The zero-order valence-corrected chi connectivity index (χ0v) is 12.2. The molecule has 0 bridgehead atoms. The van der Waals surface area contributed by atoms with Gasteiger partial charge in [0.25, 0.3) is 0 Å². The van der Waals surface area contributed by atoms with Gasteiger partial charge in [0.15, 0.2) is 0 Å². The first-order valence-electron chi connectivity index (χ1n) is 5.75. The fourth-order valence-electron chi connectivity index (χ4n) is 1.79. The SMILES string of the molecule is COc1ccc(NC(C)c2csc(Cl)c2)c(C)c1. The average molecular weight is 282 g/mol. The van der Waals surface area contributed by atoms with Crippen molar-refractivity contribution in [1.82, 2.24) is 0 Å². The third kappa shape index (κ3) is 2.98. The second-order valence-electron chi connectivity index (χ2n) is 4.23. The molecule has 2 aromatic rings. The summed E-state index contributed by atoms with van der Waals surface area (Å²) in [7, 11) is 1.68. The van der Waals surface area contributed by atoms with E-state index in [1.54, 1.807) is 18.4 Å². The lowest BCUT2D eigenvalue weighted by atomic mass is 10.1. The smallest absolute Gasteiger partial charge is 0.119 e. The summed E-state index contributed by atoms with van der Waals surface area (Å²) in [6.07, 6.45) is 0. The van der Waals surface area contributed by atoms with Gasteiger partial charge in [0.05, 0.1) is 11.4 Å². The van der Waals surface area contributed by atoms with E-state index in [0.29, 0.717) is 0 Å². The largest absolute Gasteiger partial charge is 0.497 e. The summed E-state index contributed by atoms with van der Waals surface area (Å²) in [4.78, 5) is 0. The quantitative estimate of drug-likeness (QED) is 0.861. The van der Waals surface area contributed by atoms with Gasteiger partial charge in [0, 0.05) is 11.7 Å². The van der Waals surface area contributed by atoms with Gasteiger partial charge in [-0.3, -0.25) is 0 Å². The minimum absolute atomic E-state index is 0.237. The van der Waals surface area contributed by atoms with Gasteiger partial charge in [-0.05, 0) is 54.6 Å². The number of hydrogen-bond donors (Lipinski definition) is 1. The molecule has 4 heteroatoms. The number of thiophene rings is 1. The Kier molecular flexibility index (Phi) is 4.15. The standard InChI is InChI=1S/C14H16ClNOS/c1-9-6-12(17-3)4-5-13(9)16-10(2)11-7-14(15)18-8-11/h4-8,10,16H,1-3H3. The van der Waals surface area contributed by atoms with Crippen molar-refractivity contribution in [3.05, 3.63) is 45.1 Å². The predicted molar refractivity (Wildman–Crippen MR) is 79.1 cm³/mol. The average Bonchev–Trinajstić information content (AvgIpc) is 2.78. The molecule has 96 valence electrons. The monoisotopic (exact) mass is 281 g/mol. The molecule has 1 heterocycles. The molecule has 2 rings (SSSR count). The Morgan fingerprint density at radius 1 is 1.33 bits per heavy atom. The molecule has 1 aromatic heterocycles. The van der Waals surface area contributed by atoms with Crippen LogP contribution in [0.1, 0.15) is 24.1 Å². The van der Waals surface area contributed by atoms with Crippen LogP contribution in [0.4, 0.5) is 5.69 Å². The summed E-state index contributed by atoms with van der Waals surface area (Å²) in [5.74, 6) is 0.879. The second kappa shape index (κ2) is 5.63. The first-order chi connectivity index (χ1) is 8.60. The van der Waals surface area contributed by atoms with Gasteiger partial charge in [0.2, 0.25) is 0 Å². The summed E-state index contributed by atoms with van der Waals surface area (Å²) in [6.45, 7) is 4.19. The summed E-state index contributed by atoms with van der Waals surface area (Å²) in [5.41, 5.74) is 3.49. The Bertz CT molecular complexity index is 538. The zero-order valence-electron chi connectivity index (χ0n) is 10.7. The van der Waals surface area contributed by atoms with Crippen molar-refractivity contribution in [1.29, 1.82) is 0 Å². The summed E-state index contributed by atoms with van der Waals surface area (Å²) < 4.78 is 6.02. The summed E-state index contributed by atoms with van der Waals surface area (Å²) >= 11 is 7.51. The Labute approximate surface area is 117 Å². The van der Waals surface area contributed by atoms with Gasteiger partial charge >= 0.3 is 0 Å². The van der Waals surface area contributed by atoms with E-state index in [9.17, 15) is 0 Å². The van der Waals surface area contributed by atoms with Crippen LogP contribution in [0, 0.1) is 6.92 Å². The Morgan fingerprint density at radius 3 is 2.67 bits per heavy atom. The van der Waals surface area contributed by atoms with Crippen molar-refractivity contribution < 1.29 is 4.74 Å². The van der Waals surface area contributed by atoms with E-state index < -0.39 is 0 Å². The van der Waals surface area contributed by atoms with Crippen molar-refractivity contribution in [3.63, 3.8) is 0 Å². The molecule has 1 unspecified atom stereocenters. The number of benzene rings is 1. The molecule has 1 atom stereocenters. The number of hydrogen-bond acceptors (Lipinski definition) is 3. The lowest BCUT2D eigenvalue weighted by Gasteiger charge is -2.16. The van der Waals surface area contributed by atoms with Crippen molar-refractivity contribution in [3.8, 4) is 5.75 Å². The van der Waals surface area contributed by atoms with Crippen molar-refractivity contribution >= 4 is 28.6 Å². The van der Waals surface area contributed by atoms with Crippen molar-refractivity contribution in [2.75, 3.05) is 12.4 Å².